The van der Waals surface area contributed by atoms with Crippen molar-refractivity contribution in [2.45, 2.75) is 46.5 Å². The zero-order chi connectivity index (χ0) is 23.0. The monoisotopic (exact) mass is 445 g/mol. The number of nitrogens with zero attached hydrogens (tertiary/aromatic N) is 5. The van der Waals surface area contributed by atoms with E-state index >= 15 is 0 Å². The van der Waals surface area contributed by atoms with Gasteiger partial charge in [0, 0.05) is 36.9 Å². The summed E-state index contributed by atoms with van der Waals surface area (Å²) < 4.78 is 5.77. The zero-order valence-corrected chi connectivity index (χ0v) is 20.3. The average molecular weight is 446 g/mol. The Kier molecular flexibility index (Phi) is 5.77. The Hall–Kier alpha value is -3.02. The van der Waals surface area contributed by atoms with Crippen molar-refractivity contribution in [3.05, 3.63) is 52.9 Å². The number of ether oxygens (including phenoxy) is 1. The number of hydrogen-bond acceptors (Lipinski definition) is 6. The Bertz CT molecular complexity index is 1080. The number of anilines is 1. The highest BCUT2D eigenvalue weighted by atomic mass is 16.5. The highest BCUT2D eigenvalue weighted by Crippen LogP contribution is 2.49. The van der Waals surface area contributed by atoms with Crippen molar-refractivity contribution >= 4 is 23.9 Å². The summed E-state index contributed by atoms with van der Waals surface area (Å²) in [4.78, 5) is 11.7. The minimum Gasteiger partial charge on any atom is -0.495 e. The van der Waals surface area contributed by atoms with Gasteiger partial charge in [0.1, 0.15) is 11.6 Å². The molecule has 0 N–H and O–H groups in total. The van der Waals surface area contributed by atoms with Gasteiger partial charge in [0.2, 0.25) is 0 Å². The zero-order valence-electron chi connectivity index (χ0n) is 20.3. The maximum absolute atomic E-state index is 5.77. The molecule has 0 aromatic heterocycles. The van der Waals surface area contributed by atoms with Crippen molar-refractivity contribution in [3.63, 3.8) is 0 Å². The fourth-order valence-electron chi connectivity index (χ4n) is 4.93. The van der Waals surface area contributed by atoms with Crippen molar-refractivity contribution in [2.24, 2.45) is 15.4 Å². The lowest BCUT2D eigenvalue weighted by Crippen LogP contribution is -2.49. The van der Waals surface area contributed by atoms with Crippen LogP contribution in [0.5, 0.6) is 5.75 Å². The molecule has 5 rings (SSSR count). The predicted molar refractivity (Wildman–Crippen MR) is 137 cm³/mol. The van der Waals surface area contributed by atoms with E-state index in [4.69, 9.17) is 9.73 Å². The predicted octanol–water partition coefficient (Wildman–Crippen LogP) is 5.26. The number of piperidine rings is 1. The van der Waals surface area contributed by atoms with E-state index < -0.39 is 0 Å². The van der Waals surface area contributed by atoms with Crippen molar-refractivity contribution in [2.75, 3.05) is 38.2 Å². The van der Waals surface area contributed by atoms with Gasteiger partial charge in [-0.15, -0.1) is 0 Å². The van der Waals surface area contributed by atoms with Crippen LogP contribution in [-0.2, 0) is 0 Å². The third kappa shape index (κ3) is 4.31. The van der Waals surface area contributed by atoms with Crippen LogP contribution >= 0.6 is 0 Å². The van der Waals surface area contributed by atoms with E-state index in [1.165, 1.54) is 29.7 Å². The number of amidine groups is 1. The second-order valence-electron chi connectivity index (χ2n) is 9.79. The number of allylic oxidation sites excluding steroid dienone is 2. The standard InChI is InChI=1S/C27H35N5O/c1-5-21(3)32-18-27(10-11-27)17-29-26-23(7-6-12-31(26)32)13-22-8-9-24(25(14-22)33-4)30-16-20(2)15-28-19-30/h5,8-9,13-14,16,19H,6-7,10-12,15,17-18H2,1-4H3/b21-5+,23-13+. The molecule has 0 unspecified atom stereocenters. The van der Waals surface area contributed by atoms with E-state index in [-0.39, 0.29) is 0 Å². The van der Waals surface area contributed by atoms with Gasteiger partial charge in [-0.1, -0.05) is 12.1 Å². The van der Waals surface area contributed by atoms with Crippen LogP contribution in [0.4, 0.5) is 5.69 Å². The first-order valence-corrected chi connectivity index (χ1v) is 12.1. The van der Waals surface area contributed by atoms with E-state index in [1.807, 2.05) is 11.2 Å². The molecule has 2 fully saturated rings. The molecule has 33 heavy (non-hydrogen) atoms. The number of fused-ring (bicyclic) bond motifs is 1. The summed E-state index contributed by atoms with van der Waals surface area (Å²) in [5.74, 6) is 2.00. The summed E-state index contributed by atoms with van der Waals surface area (Å²) in [5, 5.41) is 4.92. The quantitative estimate of drug-likeness (QED) is 0.634. The minimum absolute atomic E-state index is 0.367. The van der Waals surface area contributed by atoms with Gasteiger partial charge in [0.25, 0.3) is 0 Å². The number of rotatable bonds is 4. The fraction of sp³-hybridized carbons (Fsp3) is 0.481. The van der Waals surface area contributed by atoms with Gasteiger partial charge in [-0.25, -0.2) is 0 Å². The molecule has 0 radical (unpaired) electrons. The largest absolute Gasteiger partial charge is 0.495 e. The molecule has 4 aliphatic rings. The van der Waals surface area contributed by atoms with Crippen molar-refractivity contribution in [3.8, 4) is 5.75 Å². The SMILES string of the molecule is C/C=C(\C)N1CC2(CC2)CN=C2/C(=C/c3ccc(N4C=NCC(C)=C4)c(OC)c3)CCCN21. The van der Waals surface area contributed by atoms with Gasteiger partial charge in [0.15, 0.2) is 0 Å². The summed E-state index contributed by atoms with van der Waals surface area (Å²) >= 11 is 0. The van der Waals surface area contributed by atoms with Gasteiger partial charge in [0.05, 0.1) is 25.7 Å². The molecule has 6 nitrogen and oxygen atoms in total. The Balaban J connectivity index is 1.48. The summed E-state index contributed by atoms with van der Waals surface area (Å²) in [6.45, 7) is 10.3. The third-order valence-electron chi connectivity index (χ3n) is 7.20. The Morgan fingerprint density at radius 3 is 2.82 bits per heavy atom. The van der Waals surface area contributed by atoms with Gasteiger partial charge in [-0.3, -0.25) is 20.0 Å². The fourth-order valence-corrected chi connectivity index (χ4v) is 4.93. The molecule has 0 amide bonds. The second kappa shape index (κ2) is 8.73. The molecule has 0 bridgehead atoms. The average Bonchev–Trinajstić information content (AvgIpc) is 3.63. The van der Waals surface area contributed by atoms with Crippen LogP contribution < -0.4 is 9.64 Å². The molecule has 0 atom stereocenters. The second-order valence-corrected chi connectivity index (χ2v) is 9.79. The summed E-state index contributed by atoms with van der Waals surface area (Å²) in [5.41, 5.74) is 6.38. The van der Waals surface area contributed by atoms with E-state index in [9.17, 15) is 0 Å². The smallest absolute Gasteiger partial charge is 0.145 e. The molecule has 1 saturated carbocycles. The van der Waals surface area contributed by atoms with Crippen molar-refractivity contribution in [1.29, 1.82) is 0 Å². The van der Waals surface area contributed by atoms with Crippen LogP contribution in [-0.4, -0.2) is 55.5 Å². The lowest BCUT2D eigenvalue weighted by molar-refractivity contribution is 0.0652. The minimum atomic E-state index is 0.367. The number of hydrogen-bond donors (Lipinski definition) is 0. The molecule has 3 aliphatic heterocycles. The Morgan fingerprint density at radius 1 is 1.24 bits per heavy atom. The van der Waals surface area contributed by atoms with Crippen molar-refractivity contribution in [1.82, 2.24) is 10.0 Å². The topological polar surface area (TPSA) is 43.7 Å². The Labute approximate surface area is 197 Å². The van der Waals surface area contributed by atoms with Crippen LogP contribution in [0, 0.1) is 5.41 Å². The van der Waals surface area contributed by atoms with Crippen LogP contribution in [0.1, 0.15) is 52.0 Å². The highest BCUT2D eigenvalue weighted by molar-refractivity contribution is 6.03. The van der Waals surface area contributed by atoms with Crippen LogP contribution in [0.3, 0.4) is 0 Å². The van der Waals surface area contributed by atoms with Gasteiger partial charge >= 0.3 is 0 Å². The molecule has 1 aromatic rings. The van der Waals surface area contributed by atoms with Crippen LogP contribution in [0.25, 0.3) is 6.08 Å². The summed E-state index contributed by atoms with van der Waals surface area (Å²) in [6.07, 6.45) is 13.3. The molecule has 1 spiro atoms. The summed E-state index contributed by atoms with van der Waals surface area (Å²) in [6, 6.07) is 6.42. The normalized spacial score (nSPS) is 23.3. The first-order valence-electron chi connectivity index (χ1n) is 12.1. The molecule has 174 valence electrons. The van der Waals surface area contributed by atoms with Crippen molar-refractivity contribution < 1.29 is 4.74 Å². The molecule has 1 aliphatic carbocycles. The molecular formula is C27H35N5O. The number of hydrazine groups is 1. The van der Waals surface area contributed by atoms with E-state index in [1.54, 1.807) is 7.11 Å². The molecule has 1 saturated heterocycles. The number of aliphatic imine (C=N–C) groups is 2. The maximum Gasteiger partial charge on any atom is 0.145 e. The first kappa shape index (κ1) is 21.8. The molecule has 1 aromatic carbocycles. The molecular weight excluding hydrogens is 410 g/mol. The lowest BCUT2D eigenvalue weighted by Gasteiger charge is -2.42. The third-order valence-corrected chi connectivity index (χ3v) is 7.20. The van der Waals surface area contributed by atoms with E-state index in [2.05, 4.69) is 72.3 Å². The van der Waals surface area contributed by atoms with Gasteiger partial charge in [-0.05, 0) is 81.4 Å². The summed E-state index contributed by atoms with van der Waals surface area (Å²) in [7, 11) is 1.73. The van der Waals surface area contributed by atoms with Gasteiger partial charge in [-0.2, -0.15) is 0 Å². The molecule has 3 heterocycles. The highest BCUT2D eigenvalue weighted by Gasteiger charge is 2.47. The number of benzene rings is 1. The van der Waals surface area contributed by atoms with E-state index in [0.29, 0.717) is 5.41 Å². The number of methoxy groups -OCH3 is 1. The van der Waals surface area contributed by atoms with Gasteiger partial charge < -0.3 is 9.64 Å². The lowest BCUT2D eigenvalue weighted by atomic mass is 10.0. The van der Waals surface area contributed by atoms with Crippen LogP contribution in [0.15, 0.2) is 57.3 Å². The Morgan fingerprint density at radius 2 is 2.09 bits per heavy atom. The maximum atomic E-state index is 5.77. The first-order chi connectivity index (χ1) is 16.0. The molecule has 6 heteroatoms. The van der Waals surface area contributed by atoms with E-state index in [0.717, 1.165) is 61.9 Å². The van der Waals surface area contributed by atoms with Crippen LogP contribution in [0.2, 0.25) is 0 Å².